The summed E-state index contributed by atoms with van der Waals surface area (Å²) >= 11 is 3.42. The maximum Gasteiger partial charge on any atom is 0.0857 e. The van der Waals surface area contributed by atoms with E-state index in [0.29, 0.717) is 0 Å². The second-order valence-electron chi connectivity index (χ2n) is 4.20. The first-order valence-corrected chi connectivity index (χ1v) is 7.79. The molecule has 0 aliphatic carbocycles. The third kappa shape index (κ3) is 2.38. The molecule has 0 radical (unpaired) electrons. The Balaban J connectivity index is 2.23. The summed E-state index contributed by atoms with van der Waals surface area (Å²) in [6, 6.07) is 8.21. The number of rotatable bonds is 1. The van der Waals surface area contributed by atoms with E-state index < -0.39 is 0 Å². The molecule has 1 aliphatic heterocycles. The number of benzene rings is 1. The molecule has 0 bridgehead atoms. The predicted octanol–water partition coefficient (Wildman–Crippen LogP) is 4.02. The first-order valence-electron chi connectivity index (χ1n) is 4.79. The second kappa shape index (κ2) is 4.32. The van der Waals surface area contributed by atoms with E-state index in [1.807, 2.05) is 12.1 Å². The van der Waals surface area contributed by atoms with Crippen molar-refractivity contribution < 1.29 is 5.11 Å². The molecular formula is C11H13BrOS2. The second-order valence-corrected chi connectivity index (χ2v) is 8.11. The lowest BCUT2D eigenvalue weighted by atomic mass is 9.98. The Hall–Kier alpha value is 0.360. The molecule has 1 fully saturated rings. The lowest BCUT2D eigenvalue weighted by Gasteiger charge is -2.23. The van der Waals surface area contributed by atoms with Gasteiger partial charge in [0.15, 0.2) is 0 Å². The van der Waals surface area contributed by atoms with Gasteiger partial charge in [-0.3, -0.25) is 0 Å². The summed E-state index contributed by atoms with van der Waals surface area (Å²) in [4.78, 5) is 0. The number of halogens is 1. The van der Waals surface area contributed by atoms with Gasteiger partial charge in [-0.05, 0) is 31.5 Å². The van der Waals surface area contributed by atoms with E-state index in [0.717, 1.165) is 4.47 Å². The van der Waals surface area contributed by atoms with E-state index in [-0.39, 0.29) is 16.1 Å². The summed E-state index contributed by atoms with van der Waals surface area (Å²) in [5.41, 5.74) is 1.20. The Labute approximate surface area is 107 Å². The van der Waals surface area contributed by atoms with Crippen LogP contribution in [0.2, 0.25) is 0 Å². The molecule has 15 heavy (non-hydrogen) atoms. The standard InChI is InChI=1S/C11H13BrOS2/c1-11(2)10(13)9(14-15-11)7-3-5-8(12)6-4-7/h3-6,9-10,13H,1-2H3/t9-,10-/m1/s1. The third-order valence-corrected chi connectivity index (χ3v) is 6.80. The van der Waals surface area contributed by atoms with Gasteiger partial charge in [0.25, 0.3) is 0 Å². The van der Waals surface area contributed by atoms with Crippen molar-refractivity contribution in [2.75, 3.05) is 0 Å². The van der Waals surface area contributed by atoms with Crippen LogP contribution in [0, 0.1) is 0 Å². The minimum absolute atomic E-state index is 0.0532. The molecule has 1 aliphatic rings. The lowest BCUT2D eigenvalue weighted by molar-refractivity contribution is 0.143. The molecule has 1 aromatic carbocycles. The summed E-state index contributed by atoms with van der Waals surface area (Å²) < 4.78 is 1.03. The van der Waals surface area contributed by atoms with Crippen LogP contribution in [0.4, 0.5) is 0 Å². The smallest absolute Gasteiger partial charge is 0.0857 e. The fraction of sp³-hybridized carbons (Fsp3) is 0.455. The summed E-state index contributed by atoms with van der Waals surface area (Å²) in [5, 5.41) is 10.4. The molecule has 2 rings (SSSR count). The van der Waals surface area contributed by atoms with Crippen LogP contribution < -0.4 is 0 Å². The van der Waals surface area contributed by atoms with Gasteiger partial charge >= 0.3 is 0 Å². The van der Waals surface area contributed by atoms with Gasteiger partial charge in [0.2, 0.25) is 0 Å². The quantitative estimate of drug-likeness (QED) is 0.791. The summed E-state index contributed by atoms with van der Waals surface area (Å²) in [7, 11) is 3.54. The van der Waals surface area contributed by atoms with Crippen molar-refractivity contribution in [3.8, 4) is 0 Å². The highest BCUT2D eigenvalue weighted by Crippen LogP contribution is 2.57. The average molecular weight is 305 g/mol. The molecule has 1 heterocycles. The van der Waals surface area contributed by atoms with Crippen molar-refractivity contribution >= 4 is 37.5 Å². The van der Waals surface area contributed by atoms with Crippen LogP contribution in [0.25, 0.3) is 0 Å². The van der Waals surface area contributed by atoms with Crippen molar-refractivity contribution in [3.05, 3.63) is 34.3 Å². The highest BCUT2D eigenvalue weighted by Gasteiger charge is 2.43. The minimum atomic E-state index is -0.284. The van der Waals surface area contributed by atoms with Crippen LogP contribution in [-0.2, 0) is 0 Å². The molecule has 0 aromatic heterocycles. The van der Waals surface area contributed by atoms with Crippen LogP contribution in [-0.4, -0.2) is 16.0 Å². The SMILES string of the molecule is CC1(C)SS[C@H](c2ccc(Br)cc2)[C@H]1O. The van der Waals surface area contributed by atoms with Crippen LogP contribution in [0.1, 0.15) is 24.7 Å². The molecule has 0 unspecified atom stereocenters. The molecule has 1 aromatic rings. The summed E-state index contributed by atoms with van der Waals surface area (Å²) in [6.07, 6.45) is -0.284. The van der Waals surface area contributed by atoms with Crippen LogP contribution in [0.15, 0.2) is 28.7 Å². The third-order valence-electron chi connectivity index (χ3n) is 2.56. The van der Waals surface area contributed by atoms with E-state index in [1.165, 1.54) is 5.56 Å². The van der Waals surface area contributed by atoms with Gasteiger partial charge in [0.05, 0.1) is 11.4 Å². The maximum absolute atomic E-state index is 10.2. The van der Waals surface area contributed by atoms with Crippen molar-refractivity contribution in [3.63, 3.8) is 0 Å². The van der Waals surface area contributed by atoms with Crippen LogP contribution >= 0.6 is 37.5 Å². The maximum atomic E-state index is 10.2. The number of aliphatic hydroxyl groups excluding tert-OH is 1. The topological polar surface area (TPSA) is 20.2 Å². The minimum Gasteiger partial charge on any atom is -0.390 e. The normalized spacial score (nSPS) is 29.3. The molecular weight excluding hydrogens is 292 g/mol. The van der Waals surface area contributed by atoms with Crippen molar-refractivity contribution in [1.82, 2.24) is 0 Å². The monoisotopic (exact) mass is 304 g/mol. The Bertz CT molecular complexity index is 350. The zero-order chi connectivity index (χ0) is 11.1. The molecule has 1 saturated heterocycles. The summed E-state index contributed by atoms with van der Waals surface area (Å²) in [6.45, 7) is 4.18. The molecule has 0 spiro atoms. The van der Waals surface area contributed by atoms with E-state index in [1.54, 1.807) is 21.6 Å². The number of hydrogen-bond donors (Lipinski definition) is 1. The molecule has 1 N–H and O–H groups in total. The lowest BCUT2D eigenvalue weighted by Crippen LogP contribution is -2.31. The summed E-state index contributed by atoms with van der Waals surface area (Å²) in [5.74, 6) is 0. The number of aliphatic hydroxyl groups is 1. The molecule has 0 amide bonds. The van der Waals surface area contributed by atoms with Crippen LogP contribution in [0.5, 0.6) is 0 Å². The van der Waals surface area contributed by atoms with Gasteiger partial charge in [-0.2, -0.15) is 0 Å². The predicted molar refractivity (Wildman–Crippen MR) is 72.2 cm³/mol. The molecule has 1 nitrogen and oxygen atoms in total. The Kier molecular flexibility index (Phi) is 3.41. The van der Waals surface area contributed by atoms with Gasteiger partial charge in [0.1, 0.15) is 0 Å². The van der Waals surface area contributed by atoms with Gasteiger partial charge in [0, 0.05) is 9.22 Å². The van der Waals surface area contributed by atoms with E-state index in [9.17, 15) is 5.11 Å². The zero-order valence-electron chi connectivity index (χ0n) is 8.61. The Morgan fingerprint density at radius 1 is 1.27 bits per heavy atom. The van der Waals surface area contributed by atoms with E-state index in [2.05, 4.69) is 41.9 Å². The highest BCUT2D eigenvalue weighted by atomic mass is 79.9. The van der Waals surface area contributed by atoms with Gasteiger partial charge in [-0.25, -0.2) is 0 Å². The van der Waals surface area contributed by atoms with Crippen molar-refractivity contribution in [2.24, 2.45) is 0 Å². The van der Waals surface area contributed by atoms with E-state index in [4.69, 9.17) is 0 Å². The Morgan fingerprint density at radius 3 is 2.33 bits per heavy atom. The molecule has 4 heteroatoms. The average Bonchev–Trinajstić information content (AvgIpc) is 2.45. The van der Waals surface area contributed by atoms with Crippen molar-refractivity contribution in [1.29, 1.82) is 0 Å². The molecule has 0 saturated carbocycles. The van der Waals surface area contributed by atoms with E-state index >= 15 is 0 Å². The molecule has 82 valence electrons. The number of hydrogen-bond acceptors (Lipinski definition) is 3. The zero-order valence-corrected chi connectivity index (χ0v) is 11.8. The van der Waals surface area contributed by atoms with Gasteiger partial charge in [-0.15, -0.1) is 0 Å². The van der Waals surface area contributed by atoms with Gasteiger partial charge in [-0.1, -0.05) is 49.7 Å². The van der Waals surface area contributed by atoms with Crippen molar-refractivity contribution in [2.45, 2.75) is 29.9 Å². The first kappa shape index (κ1) is 11.8. The molecule has 2 atom stereocenters. The first-order chi connectivity index (χ1) is 7.00. The van der Waals surface area contributed by atoms with Crippen LogP contribution in [0.3, 0.4) is 0 Å². The Morgan fingerprint density at radius 2 is 1.87 bits per heavy atom. The largest absolute Gasteiger partial charge is 0.390 e. The van der Waals surface area contributed by atoms with Gasteiger partial charge < -0.3 is 5.11 Å². The fourth-order valence-electron chi connectivity index (χ4n) is 1.53. The highest BCUT2D eigenvalue weighted by molar-refractivity contribution is 9.10. The fourth-order valence-corrected chi connectivity index (χ4v) is 5.18.